The number of hydrogen-bond donors (Lipinski definition) is 0. The summed E-state index contributed by atoms with van der Waals surface area (Å²) in [5.41, 5.74) is 3.75. The number of rotatable bonds is 2. The zero-order valence-electron chi connectivity index (χ0n) is 11.9. The first kappa shape index (κ1) is 18.9. The zero-order chi connectivity index (χ0) is 13.3. The van der Waals surface area contributed by atoms with Crippen LogP contribution in [0.4, 0.5) is 0 Å². The van der Waals surface area contributed by atoms with E-state index in [1.807, 2.05) is 32.9 Å². The van der Waals surface area contributed by atoms with Gasteiger partial charge in [-0.05, 0) is 51.8 Å². The van der Waals surface area contributed by atoms with Crippen LogP contribution >= 0.6 is 0 Å². The minimum absolute atomic E-state index is 0. The third kappa shape index (κ3) is 7.72. The highest BCUT2D eigenvalue weighted by atomic mass is 16.5. The van der Waals surface area contributed by atoms with Crippen molar-refractivity contribution in [3.05, 3.63) is 53.1 Å². The van der Waals surface area contributed by atoms with Gasteiger partial charge in [0.2, 0.25) is 0 Å². The lowest BCUT2D eigenvalue weighted by molar-refractivity contribution is 0.411. The summed E-state index contributed by atoms with van der Waals surface area (Å²) >= 11 is 0. The maximum Gasteiger partial charge on any atom is 0.122 e. The molecule has 0 fully saturated rings. The van der Waals surface area contributed by atoms with Crippen molar-refractivity contribution >= 4 is 0 Å². The van der Waals surface area contributed by atoms with Gasteiger partial charge in [0, 0.05) is 0 Å². The molecule has 0 atom stereocenters. The molecule has 0 spiro atoms. The van der Waals surface area contributed by atoms with Crippen molar-refractivity contribution in [1.82, 2.24) is 0 Å². The second-order valence-corrected chi connectivity index (χ2v) is 4.01. The second kappa shape index (κ2) is 10.6. The van der Waals surface area contributed by atoms with Crippen LogP contribution in [0, 0.1) is 13.8 Å². The maximum atomic E-state index is 5.13. The van der Waals surface area contributed by atoms with Crippen molar-refractivity contribution in [2.45, 2.75) is 42.0 Å². The van der Waals surface area contributed by atoms with E-state index >= 15 is 0 Å². The van der Waals surface area contributed by atoms with Gasteiger partial charge in [-0.1, -0.05) is 43.4 Å². The Morgan fingerprint density at radius 1 is 1.17 bits per heavy atom. The van der Waals surface area contributed by atoms with Crippen LogP contribution in [-0.4, -0.2) is 7.11 Å². The zero-order valence-corrected chi connectivity index (χ0v) is 11.9. The fourth-order valence-electron chi connectivity index (χ4n) is 1.29. The SMILES string of the molecule is C.CC=CC(C)=CC.COc1cc(C)ccc1C. The van der Waals surface area contributed by atoms with Crippen molar-refractivity contribution in [3.8, 4) is 5.75 Å². The lowest BCUT2D eigenvalue weighted by Gasteiger charge is -2.03. The average molecular weight is 248 g/mol. The maximum absolute atomic E-state index is 5.13. The van der Waals surface area contributed by atoms with Crippen LogP contribution in [0.2, 0.25) is 0 Å². The predicted molar refractivity (Wildman–Crippen MR) is 83.4 cm³/mol. The highest BCUT2D eigenvalue weighted by Crippen LogP contribution is 2.17. The van der Waals surface area contributed by atoms with Crippen LogP contribution in [0.3, 0.4) is 0 Å². The van der Waals surface area contributed by atoms with E-state index in [1.165, 1.54) is 16.7 Å². The molecular formula is C17H28O. The van der Waals surface area contributed by atoms with E-state index in [1.54, 1.807) is 7.11 Å². The Kier molecular flexibility index (Phi) is 11.1. The quantitative estimate of drug-likeness (QED) is 0.630. The van der Waals surface area contributed by atoms with Gasteiger partial charge in [-0.25, -0.2) is 0 Å². The Bertz CT molecular complexity index is 387. The number of methoxy groups -OCH3 is 1. The number of allylic oxidation sites excluding steroid dienone is 4. The molecule has 0 aliphatic carbocycles. The molecule has 18 heavy (non-hydrogen) atoms. The van der Waals surface area contributed by atoms with Crippen LogP contribution in [0.5, 0.6) is 5.75 Å². The van der Waals surface area contributed by atoms with Crippen LogP contribution in [-0.2, 0) is 0 Å². The highest BCUT2D eigenvalue weighted by molar-refractivity contribution is 5.35. The minimum atomic E-state index is 0. The summed E-state index contributed by atoms with van der Waals surface area (Å²) in [5, 5.41) is 0. The van der Waals surface area contributed by atoms with Crippen molar-refractivity contribution < 1.29 is 4.74 Å². The third-order valence-electron chi connectivity index (χ3n) is 2.45. The number of hydrogen-bond acceptors (Lipinski definition) is 1. The first-order valence-electron chi connectivity index (χ1n) is 5.92. The summed E-state index contributed by atoms with van der Waals surface area (Å²) in [6.45, 7) is 10.2. The summed E-state index contributed by atoms with van der Waals surface area (Å²) in [6.07, 6.45) is 6.20. The number of benzene rings is 1. The molecule has 0 aromatic heterocycles. The molecule has 0 radical (unpaired) electrons. The van der Waals surface area contributed by atoms with Crippen molar-refractivity contribution in [3.63, 3.8) is 0 Å². The summed E-state index contributed by atoms with van der Waals surface area (Å²) < 4.78 is 5.13. The molecule has 1 nitrogen and oxygen atoms in total. The summed E-state index contributed by atoms with van der Waals surface area (Å²) in [4.78, 5) is 0. The molecule has 0 saturated heterocycles. The molecule has 0 saturated carbocycles. The van der Waals surface area contributed by atoms with E-state index < -0.39 is 0 Å². The monoisotopic (exact) mass is 248 g/mol. The summed E-state index contributed by atoms with van der Waals surface area (Å²) in [5.74, 6) is 0.972. The van der Waals surface area contributed by atoms with E-state index in [-0.39, 0.29) is 7.43 Å². The summed E-state index contributed by atoms with van der Waals surface area (Å²) in [7, 11) is 1.70. The molecule has 0 unspecified atom stereocenters. The van der Waals surface area contributed by atoms with Gasteiger partial charge in [0.05, 0.1) is 7.11 Å². The molecular weight excluding hydrogens is 220 g/mol. The van der Waals surface area contributed by atoms with E-state index in [4.69, 9.17) is 4.74 Å². The molecule has 1 rings (SSSR count). The number of aryl methyl sites for hydroxylation is 2. The normalized spacial score (nSPS) is 10.4. The molecule has 0 N–H and O–H groups in total. The van der Waals surface area contributed by atoms with Gasteiger partial charge in [0.15, 0.2) is 0 Å². The molecule has 1 aromatic rings. The molecule has 1 aromatic carbocycles. The first-order valence-corrected chi connectivity index (χ1v) is 5.92. The molecule has 0 bridgehead atoms. The van der Waals surface area contributed by atoms with Crippen LogP contribution in [0.25, 0.3) is 0 Å². The van der Waals surface area contributed by atoms with Gasteiger partial charge in [-0.2, -0.15) is 0 Å². The smallest absolute Gasteiger partial charge is 0.122 e. The van der Waals surface area contributed by atoms with Gasteiger partial charge in [-0.3, -0.25) is 0 Å². The van der Waals surface area contributed by atoms with Gasteiger partial charge in [0.1, 0.15) is 5.75 Å². The standard InChI is InChI=1S/C9H12O.C7H12.CH4/c1-7-4-5-8(2)9(6-7)10-3;1-4-6-7(3)5-2;/h4-6H,1-3H3;4-6H,1-3H3;1H4. The van der Waals surface area contributed by atoms with Crippen LogP contribution in [0.1, 0.15) is 39.3 Å². The van der Waals surface area contributed by atoms with Crippen LogP contribution in [0.15, 0.2) is 42.0 Å². The van der Waals surface area contributed by atoms with Gasteiger partial charge in [0.25, 0.3) is 0 Å². The Balaban J connectivity index is 0. The molecule has 0 heterocycles. The van der Waals surface area contributed by atoms with E-state index in [0.717, 1.165) is 5.75 Å². The lowest BCUT2D eigenvalue weighted by Crippen LogP contribution is -1.86. The average Bonchev–Trinajstić information content (AvgIpc) is 2.33. The van der Waals surface area contributed by atoms with Crippen LogP contribution < -0.4 is 4.74 Å². The third-order valence-corrected chi connectivity index (χ3v) is 2.45. The van der Waals surface area contributed by atoms with Crippen molar-refractivity contribution in [1.29, 1.82) is 0 Å². The summed E-state index contributed by atoms with van der Waals surface area (Å²) in [6, 6.07) is 6.18. The van der Waals surface area contributed by atoms with Gasteiger partial charge in [-0.15, -0.1) is 0 Å². The molecule has 0 amide bonds. The molecule has 102 valence electrons. The fraction of sp³-hybridized carbons (Fsp3) is 0.412. The second-order valence-electron chi connectivity index (χ2n) is 4.01. The topological polar surface area (TPSA) is 9.23 Å². The van der Waals surface area contributed by atoms with E-state index in [9.17, 15) is 0 Å². The van der Waals surface area contributed by atoms with Crippen molar-refractivity contribution in [2.75, 3.05) is 7.11 Å². The fourth-order valence-corrected chi connectivity index (χ4v) is 1.29. The van der Waals surface area contributed by atoms with Gasteiger partial charge >= 0.3 is 0 Å². The molecule has 0 aliphatic rings. The Morgan fingerprint density at radius 3 is 2.11 bits per heavy atom. The van der Waals surface area contributed by atoms with E-state index in [0.29, 0.717) is 0 Å². The van der Waals surface area contributed by atoms with E-state index in [2.05, 4.69) is 38.1 Å². The first-order chi connectivity index (χ1) is 8.04. The lowest BCUT2D eigenvalue weighted by atomic mass is 10.1. The molecule has 0 aliphatic heterocycles. The number of ether oxygens (including phenoxy) is 1. The van der Waals surface area contributed by atoms with Gasteiger partial charge < -0.3 is 4.74 Å². The minimum Gasteiger partial charge on any atom is -0.496 e. The largest absolute Gasteiger partial charge is 0.496 e. The highest BCUT2D eigenvalue weighted by Gasteiger charge is 1.94. The Labute approximate surface area is 113 Å². The molecule has 1 heteroatoms. The Hall–Kier alpha value is -1.50. The van der Waals surface area contributed by atoms with Crippen molar-refractivity contribution in [2.24, 2.45) is 0 Å². The predicted octanol–water partition coefficient (Wildman–Crippen LogP) is 5.48. The Morgan fingerprint density at radius 2 is 1.78 bits per heavy atom.